The number of halogens is 1. The lowest BCUT2D eigenvalue weighted by Gasteiger charge is -2.16. The molecular formula is C8H11BrNO4+. The van der Waals surface area contributed by atoms with Gasteiger partial charge in [-0.1, -0.05) is 0 Å². The van der Waals surface area contributed by atoms with Crippen molar-refractivity contribution in [2.24, 2.45) is 0 Å². The molecule has 1 aliphatic heterocycles. The second-order valence-corrected chi connectivity index (χ2v) is 3.38. The van der Waals surface area contributed by atoms with E-state index >= 15 is 0 Å². The van der Waals surface area contributed by atoms with Crippen molar-refractivity contribution in [2.45, 2.75) is 6.23 Å². The Morgan fingerprint density at radius 2 is 2.00 bits per heavy atom. The highest BCUT2D eigenvalue weighted by molar-refractivity contribution is 9.11. The van der Waals surface area contributed by atoms with E-state index in [2.05, 4.69) is 15.9 Å². The number of allylic oxidation sites excluding steroid dienone is 1. The summed E-state index contributed by atoms with van der Waals surface area (Å²) in [4.78, 5) is 11.4. The minimum Gasteiger partial charge on any atom is -0.492 e. The van der Waals surface area contributed by atoms with Crippen LogP contribution in [0.4, 0.5) is 0 Å². The van der Waals surface area contributed by atoms with Crippen LogP contribution < -0.4 is 0 Å². The number of rotatable bonds is 3. The smallest absolute Gasteiger partial charge is 0.372 e. The number of hydrogen-bond acceptors (Lipinski definition) is 4. The van der Waals surface area contributed by atoms with Crippen molar-refractivity contribution in [1.82, 2.24) is 0 Å². The number of hydrogen-bond donors (Lipinski definition) is 0. The van der Waals surface area contributed by atoms with Crippen LogP contribution in [0.5, 0.6) is 0 Å². The predicted molar refractivity (Wildman–Crippen MR) is 52.5 cm³/mol. The number of ether oxygens (including phenoxy) is 3. The van der Waals surface area contributed by atoms with Crippen molar-refractivity contribution in [3.05, 3.63) is 27.1 Å². The normalized spacial score (nSPS) is 22.1. The van der Waals surface area contributed by atoms with Gasteiger partial charge < -0.3 is 14.2 Å². The van der Waals surface area contributed by atoms with Gasteiger partial charge in [0.15, 0.2) is 5.76 Å². The first-order valence-corrected chi connectivity index (χ1v) is 4.63. The van der Waals surface area contributed by atoms with E-state index in [0.29, 0.717) is 20.8 Å². The summed E-state index contributed by atoms with van der Waals surface area (Å²) >= 11 is 3.19. The van der Waals surface area contributed by atoms with Crippen LogP contribution >= 0.6 is 15.9 Å². The van der Waals surface area contributed by atoms with E-state index in [1.54, 1.807) is 0 Å². The van der Waals surface area contributed by atoms with Gasteiger partial charge in [-0.25, -0.2) is 0 Å². The van der Waals surface area contributed by atoms with Gasteiger partial charge in [0, 0.05) is 12.0 Å². The Labute approximate surface area is 90.0 Å². The number of methoxy groups -OCH3 is 3. The predicted octanol–water partition coefficient (Wildman–Crippen LogP) is 1.49. The molecule has 1 unspecified atom stereocenters. The van der Waals surface area contributed by atoms with Gasteiger partial charge in [0.25, 0.3) is 0 Å². The van der Waals surface area contributed by atoms with Gasteiger partial charge in [-0.3, -0.25) is 0 Å². The zero-order chi connectivity index (χ0) is 10.7. The summed E-state index contributed by atoms with van der Waals surface area (Å²) < 4.78 is 16.3. The van der Waals surface area contributed by atoms with Gasteiger partial charge >= 0.3 is 6.23 Å². The Balaban J connectivity index is 3.16. The molecule has 1 aliphatic rings. The molecule has 0 aromatic rings. The Morgan fingerprint density at radius 1 is 1.36 bits per heavy atom. The summed E-state index contributed by atoms with van der Waals surface area (Å²) in [6.07, 6.45) is 0.534. The summed E-state index contributed by atoms with van der Waals surface area (Å²) in [5, 5.41) is 0. The van der Waals surface area contributed by atoms with E-state index in [4.69, 9.17) is 14.2 Å². The molecule has 1 heterocycles. The van der Waals surface area contributed by atoms with Crippen LogP contribution in [0.3, 0.4) is 0 Å². The highest BCUT2D eigenvalue weighted by atomic mass is 79.9. The van der Waals surface area contributed by atoms with Gasteiger partial charge in [-0.15, -0.1) is 0 Å². The molecular weight excluding hydrogens is 254 g/mol. The summed E-state index contributed by atoms with van der Waals surface area (Å²) in [6, 6.07) is 0. The summed E-state index contributed by atoms with van der Waals surface area (Å²) in [7, 11) is 4.38. The third kappa shape index (κ3) is 1.80. The molecule has 1 atom stereocenters. The van der Waals surface area contributed by atoms with Crippen LogP contribution in [-0.4, -0.2) is 32.3 Å². The van der Waals surface area contributed by atoms with E-state index in [0.717, 1.165) is 0 Å². The molecule has 0 amide bonds. The summed E-state index contributed by atoms with van der Waals surface area (Å²) in [6.45, 7) is 0. The third-order valence-corrected chi connectivity index (χ3v) is 2.35. The first-order chi connectivity index (χ1) is 6.65. The van der Waals surface area contributed by atoms with Gasteiger partial charge in [-0.05, 0) is 15.9 Å². The zero-order valence-corrected chi connectivity index (χ0v) is 9.70. The molecule has 78 valence electrons. The van der Waals surface area contributed by atoms with Crippen molar-refractivity contribution in [3.8, 4) is 0 Å². The van der Waals surface area contributed by atoms with Crippen LogP contribution in [0.15, 0.2) is 22.2 Å². The molecule has 14 heavy (non-hydrogen) atoms. The molecule has 0 saturated carbocycles. The lowest BCUT2D eigenvalue weighted by Crippen LogP contribution is -2.30. The Bertz CT molecular complexity index is 310. The lowest BCUT2D eigenvalue weighted by atomic mass is 10.3. The molecule has 0 aromatic carbocycles. The van der Waals surface area contributed by atoms with Gasteiger partial charge in [0.2, 0.25) is 12.0 Å². The van der Waals surface area contributed by atoms with E-state index in [1.807, 2.05) is 0 Å². The van der Waals surface area contributed by atoms with Gasteiger partial charge in [0.1, 0.15) is 4.48 Å². The summed E-state index contributed by atoms with van der Waals surface area (Å²) in [5.74, 6) is 0.811. The molecule has 0 aromatic heterocycles. The fourth-order valence-corrected chi connectivity index (χ4v) is 1.75. The Kier molecular flexibility index (Phi) is 3.65. The maximum absolute atomic E-state index is 11.4. The molecule has 0 fully saturated rings. The second-order valence-electron chi connectivity index (χ2n) is 2.53. The summed E-state index contributed by atoms with van der Waals surface area (Å²) in [5.41, 5.74) is 0. The van der Waals surface area contributed by atoms with Crippen LogP contribution in [0.2, 0.25) is 0 Å². The Morgan fingerprint density at radius 3 is 2.43 bits per heavy atom. The van der Waals surface area contributed by atoms with Gasteiger partial charge in [0.05, 0.1) is 19.0 Å². The minimum atomic E-state index is -0.795. The van der Waals surface area contributed by atoms with Crippen LogP contribution in [0, 0.1) is 4.91 Å². The molecule has 0 saturated heterocycles. The first kappa shape index (κ1) is 11.2. The standard InChI is InChI=1S/C8H11BrNO4/c1-12-6-5(9)4-10(11)8(14-3)7(6)13-2/h4,8H,1-3H3/q+1. The monoisotopic (exact) mass is 264 g/mol. The lowest BCUT2D eigenvalue weighted by molar-refractivity contribution is -0.568. The largest absolute Gasteiger partial charge is 0.492 e. The quantitative estimate of drug-likeness (QED) is 0.725. The van der Waals surface area contributed by atoms with Crippen molar-refractivity contribution in [2.75, 3.05) is 21.3 Å². The fraction of sp³-hybridized carbons (Fsp3) is 0.500. The molecule has 6 heteroatoms. The maximum atomic E-state index is 11.4. The van der Waals surface area contributed by atoms with E-state index in [9.17, 15) is 4.91 Å². The topological polar surface area (TPSA) is 47.8 Å². The van der Waals surface area contributed by atoms with Crippen molar-refractivity contribution < 1.29 is 19.0 Å². The Hall–Kier alpha value is -0.880. The highest BCUT2D eigenvalue weighted by Crippen LogP contribution is 2.29. The van der Waals surface area contributed by atoms with Crippen LogP contribution in [0.1, 0.15) is 0 Å². The number of nitroso groups, excluding NO2 is 1. The maximum Gasteiger partial charge on any atom is 0.372 e. The first-order valence-electron chi connectivity index (χ1n) is 3.83. The van der Waals surface area contributed by atoms with E-state index < -0.39 is 6.23 Å². The molecule has 1 rings (SSSR count). The third-order valence-electron chi connectivity index (χ3n) is 1.78. The SMILES string of the molecule is COC1=C(OC)C(OC)[N+](=O)C=C1Br. The van der Waals surface area contributed by atoms with Crippen molar-refractivity contribution in [1.29, 1.82) is 0 Å². The molecule has 0 aliphatic carbocycles. The molecule has 0 spiro atoms. The zero-order valence-electron chi connectivity index (χ0n) is 8.11. The average molecular weight is 265 g/mol. The highest BCUT2D eigenvalue weighted by Gasteiger charge is 2.39. The van der Waals surface area contributed by atoms with Crippen molar-refractivity contribution >= 4 is 15.9 Å². The van der Waals surface area contributed by atoms with Crippen LogP contribution in [0.25, 0.3) is 0 Å². The van der Waals surface area contributed by atoms with Gasteiger partial charge in [-0.2, -0.15) is 0 Å². The van der Waals surface area contributed by atoms with Crippen LogP contribution in [-0.2, 0) is 14.2 Å². The van der Waals surface area contributed by atoms with E-state index in [1.165, 1.54) is 27.5 Å². The minimum absolute atomic E-state index is 0.347. The average Bonchev–Trinajstić information content (AvgIpc) is 2.16. The molecule has 0 radical (unpaired) electrons. The second kappa shape index (κ2) is 4.56. The van der Waals surface area contributed by atoms with E-state index in [-0.39, 0.29) is 0 Å². The molecule has 0 bridgehead atoms. The fourth-order valence-electron chi connectivity index (χ4n) is 1.19. The van der Waals surface area contributed by atoms with Crippen molar-refractivity contribution in [3.63, 3.8) is 0 Å². The number of nitrogens with zero attached hydrogens (tertiary/aromatic N) is 1. The molecule has 0 N–H and O–H groups in total. The molecule has 5 nitrogen and oxygen atoms in total.